The van der Waals surface area contributed by atoms with E-state index >= 15 is 0 Å². The van der Waals surface area contributed by atoms with Gasteiger partial charge in [-0.05, 0) is 12.0 Å². The molecule has 1 aromatic carbocycles. The Morgan fingerprint density at radius 3 is 2.50 bits per heavy atom. The number of aromatic nitrogens is 2. The quantitative estimate of drug-likeness (QED) is 0.886. The lowest BCUT2D eigenvalue weighted by Crippen LogP contribution is -2.37. The van der Waals surface area contributed by atoms with Gasteiger partial charge in [-0.15, -0.1) is 0 Å². The van der Waals surface area contributed by atoms with Crippen molar-refractivity contribution < 1.29 is 5.11 Å². The highest BCUT2D eigenvalue weighted by Gasteiger charge is 2.31. The Bertz CT molecular complexity index is 582. The van der Waals surface area contributed by atoms with Crippen LogP contribution in [-0.2, 0) is 25.5 Å². The zero-order valence-electron chi connectivity index (χ0n) is 11.8. The lowest BCUT2D eigenvalue weighted by atomic mass is 9.89. The fourth-order valence-electron chi connectivity index (χ4n) is 2.33. The Hall–Kier alpha value is -1.36. The van der Waals surface area contributed by atoms with Gasteiger partial charge in [-0.3, -0.25) is 4.68 Å². The summed E-state index contributed by atoms with van der Waals surface area (Å²) in [4.78, 5) is 0. The van der Waals surface area contributed by atoms with E-state index in [1.807, 2.05) is 44.3 Å². The second-order valence-corrected chi connectivity index (χ2v) is 5.34. The van der Waals surface area contributed by atoms with Crippen molar-refractivity contribution in [1.82, 2.24) is 9.78 Å². The van der Waals surface area contributed by atoms with Crippen LogP contribution in [0, 0.1) is 0 Å². The predicted octanol–water partition coefficient (Wildman–Crippen LogP) is 2.02. The topological polar surface area (TPSA) is 64.1 Å². The maximum atomic E-state index is 10.9. The van der Waals surface area contributed by atoms with E-state index < -0.39 is 5.60 Å². The largest absolute Gasteiger partial charge is 0.383 e. The van der Waals surface area contributed by atoms with Gasteiger partial charge in [0, 0.05) is 20.0 Å². The van der Waals surface area contributed by atoms with E-state index in [-0.39, 0.29) is 6.54 Å². The van der Waals surface area contributed by atoms with Gasteiger partial charge in [0.2, 0.25) is 0 Å². The van der Waals surface area contributed by atoms with Crippen molar-refractivity contribution >= 4 is 11.6 Å². The highest BCUT2D eigenvalue weighted by atomic mass is 35.5. The molecule has 1 atom stereocenters. The van der Waals surface area contributed by atoms with Crippen LogP contribution in [-0.4, -0.2) is 21.4 Å². The van der Waals surface area contributed by atoms with E-state index in [2.05, 4.69) is 5.10 Å². The molecule has 0 aliphatic carbocycles. The highest BCUT2D eigenvalue weighted by Crippen LogP contribution is 2.29. The maximum Gasteiger partial charge on any atom is 0.107 e. The smallest absolute Gasteiger partial charge is 0.107 e. The van der Waals surface area contributed by atoms with E-state index in [0.717, 1.165) is 23.4 Å². The molecule has 108 valence electrons. The first kappa shape index (κ1) is 15.0. The minimum atomic E-state index is -1.14. The molecule has 0 radical (unpaired) electrons. The number of rotatable bonds is 5. The Kier molecular flexibility index (Phi) is 4.48. The first-order valence-corrected chi connectivity index (χ1v) is 7.08. The molecule has 3 N–H and O–H groups in total. The maximum absolute atomic E-state index is 10.9. The zero-order valence-corrected chi connectivity index (χ0v) is 12.6. The number of benzene rings is 1. The van der Waals surface area contributed by atoms with Crippen LogP contribution < -0.4 is 5.73 Å². The number of hydrogen-bond donors (Lipinski definition) is 2. The average molecular weight is 294 g/mol. The first-order chi connectivity index (χ1) is 9.51. The van der Waals surface area contributed by atoms with Crippen molar-refractivity contribution in [2.75, 3.05) is 6.54 Å². The van der Waals surface area contributed by atoms with Crippen LogP contribution in [0.5, 0.6) is 0 Å². The number of nitrogens with two attached hydrogens (primary N) is 1. The molecular weight excluding hydrogens is 274 g/mol. The minimum absolute atomic E-state index is 0.125. The van der Waals surface area contributed by atoms with E-state index in [0.29, 0.717) is 11.4 Å². The van der Waals surface area contributed by atoms with E-state index in [1.54, 1.807) is 4.68 Å². The number of hydrogen-bond acceptors (Lipinski definition) is 3. The second kappa shape index (κ2) is 5.95. The molecule has 0 spiro atoms. The lowest BCUT2D eigenvalue weighted by molar-refractivity contribution is 0.0444. The molecule has 2 aromatic rings. The second-order valence-electron chi connectivity index (χ2n) is 4.96. The summed E-state index contributed by atoms with van der Waals surface area (Å²) in [5.74, 6) is 0. The lowest BCUT2D eigenvalue weighted by Gasteiger charge is -2.27. The Morgan fingerprint density at radius 2 is 2.00 bits per heavy atom. The van der Waals surface area contributed by atoms with Crippen LogP contribution in [0.25, 0.3) is 0 Å². The summed E-state index contributed by atoms with van der Waals surface area (Å²) in [6.07, 6.45) is 1.11. The molecule has 0 aliphatic rings. The summed E-state index contributed by atoms with van der Waals surface area (Å²) in [5, 5.41) is 15.8. The van der Waals surface area contributed by atoms with Gasteiger partial charge in [-0.25, -0.2) is 0 Å². The Labute approximate surface area is 124 Å². The standard InChI is InChI=1S/C15H20ClN3O/c1-3-12-14(16)13(19(2)18-12)9-15(20,10-17)11-7-5-4-6-8-11/h4-8,20H,3,9-10,17H2,1-2H3. The molecule has 1 heterocycles. The fraction of sp³-hybridized carbons (Fsp3) is 0.400. The summed E-state index contributed by atoms with van der Waals surface area (Å²) < 4.78 is 1.73. The molecule has 4 nitrogen and oxygen atoms in total. The fourth-order valence-corrected chi connectivity index (χ4v) is 2.69. The molecule has 1 unspecified atom stereocenters. The molecule has 5 heteroatoms. The van der Waals surface area contributed by atoms with Crippen LogP contribution >= 0.6 is 11.6 Å². The van der Waals surface area contributed by atoms with Crippen molar-refractivity contribution in [2.45, 2.75) is 25.4 Å². The van der Waals surface area contributed by atoms with Crippen molar-refractivity contribution in [1.29, 1.82) is 0 Å². The van der Waals surface area contributed by atoms with Gasteiger partial charge < -0.3 is 10.8 Å². The van der Waals surface area contributed by atoms with Gasteiger partial charge in [0.1, 0.15) is 5.60 Å². The third-order valence-electron chi connectivity index (χ3n) is 3.61. The SMILES string of the molecule is CCc1nn(C)c(CC(O)(CN)c2ccccc2)c1Cl. The normalized spacial score (nSPS) is 14.2. The minimum Gasteiger partial charge on any atom is -0.383 e. The number of halogens is 1. The molecule has 0 saturated carbocycles. The third kappa shape index (κ3) is 2.73. The highest BCUT2D eigenvalue weighted by molar-refractivity contribution is 6.31. The molecule has 2 rings (SSSR count). The number of aliphatic hydroxyl groups is 1. The number of nitrogens with zero attached hydrogens (tertiary/aromatic N) is 2. The van der Waals surface area contributed by atoms with Gasteiger partial charge in [0.15, 0.2) is 0 Å². The van der Waals surface area contributed by atoms with E-state index in [1.165, 1.54) is 0 Å². The molecule has 0 amide bonds. The Balaban J connectivity index is 2.38. The number of aryl methyl sites for hydroxylation is 2. The first-order valence-electron chi connectivity index (χ1n) is 6.70. The molecule has 0 bridgehead atoms. The summed E-state index contributed by atoms with van der Waals surface area (Å²) in [7, 11) is 1.84. The molecule has 0 saturated heterocycles. The molecule has 0 aliphatic heterocycles. The van der Waals surface area contributed by atoms with Crippen LogP contribution in [0.3, 0.4) is 0 Å². The van der Waals surface area contributed by atoms with Gasteiger partial charge >= 0.3 is 0 Å². The van der Waals surface area contributed by atoms with Crippen LogP contribution in [0.1, 0.15) is 23.9 Å². The molecule has 0 fully saturated rings. The van der Waals surface area contributed by atoms with Gasteiger partial charge in [-0.2, -0.15) is 5.10 Å². The van der Waals surface area contributed by atoms with Crippen LogP contribution in [0.4, 0.5) is 0 Å². The predicted molar refractivity (Wildman–Crippen MR) is 80.7 cm³/mol. The molecule has 1 aromatic heterocycles. The summed E-state index contributed by atoms with van der Waals surface area (Å²) in [6.45, 7) is 2.13. The average Bonchev–Trinajstić information content (AvgIpc) is 2.75. The van der Waals surface area contributed by atoms with Gasteiger partial charge in [-0.1, -0.05) is 48.9 Å². The van der Waals surface area contributed by atoms with Gasteiger partial charge in [0.25, 0.3) is 0 Å². The molecule has 20 heavy (non-hydrogen) atoms. The van der Waals surface area contributed by atoms with Crippen molar-refractivity contribution in [3.63, 3.8) is 0 Å². The third-order valence-corrected chi connectivity index (χ3v) is 4.05. The van der Waals surface area contributed by atoms with Crippen LogP contribution in [0.15, 0.2) is 30.3 Å². The van der Waals surface area contributed by atoms with Crippen molar-refractivity contribution in [2.24, 2.45) is 12.8 Å². The monoisotopic (exact) mass is 293 g/mol. The van der Waals surface area contributed by atoms with Crippen molar-refractivity contribution in [3.8, 4) is 0 Å². The van der Waals surface area contributed by atoms with Crippen molar-refractivity contribution in [3.05, 3.63) is 52.3 Å². The van der Waals surface area contributed by atoms with Gasteiger partial charge in [0.05, 0.1) is 16.4 Å². The van der Waals surface area contributed by atoms with Crippen LogP contribution in [0.2, 0.25) is 5.02 Å². The molecular formula is C15H20ClN3O. The van der Waals surface area contributed by atoms with E-state index in [4.69, 9.17) is 17.3 Å². The Morgan fingerprint density at radius 1 is 1.35 bits per heavy atom. The summed E-state index contributed by atoms with van der Waals surface area (Å²) in [5.41, 5.74) is 7.11. The summed E-state index contributed by atoms with van der Waals surface area (Å²) >= 11 is 6.34. The zero-order chi connectivity index (χ0) is 14.8. The summed E-state index contributed by atoms with van der Waals surface area (Å²) in [6, 6.07) is 9.43. The van der Waals surface area contributed by atoms with E-state index in [9.17, 15) is 5.11 Å².